The topological polar surface area (TPSA) is 89.5 Å². The second kappa shape index (κ2) is 13.0. The van der Waals surface area contributed by atoms with E-state index in [1.54, 1.807) is 29.2 Å². The highest BCUT2D eigenvalue weighted by molar-refractivity contribution is 8.15. The molecule has 0 spiro atoms. The molecule has 3 aromatic rings. The van der Waals surface area contributed by atoms with Crippen molar-refractivity contribution in [3.05, 3.63) is 72.8 Å². The highest BCUT2D eigenvalue weighted by atomic mass is 32.2. The molecular formula is C29H31N3O5S. The number of ether oxygens (including phenoxy) is 3. The summed E-state index contributed by atoms with van der Waals surface area (Å²) in [6.07, 6.45) is 0.0308. The Bertz CT molecular complexity index is 1260. The summed E-state index contributed by atoms with van der Waals surface area (Å²) in [6.45, 7) is 7.43. The number of amidine groups is 1. The fraction of sp³-hybridized carbons (Fsp3) is 0.276. The summed E-state index contributed by atoms with van der Waals surface area (Å²) in [5.41, 5.74) is 1.93. The van der Waals surface area contributed by atoms with Gasteiger partial charge in [-0.2, -0.15) is 0 Å². The summed E-state index contributed by atoms with van der Waals surface area (Å²) < 4.78 is 16.5. The zero-order chi connectivity index (χ0) is 26.9. The quantitative estimate of drug-likeness (QED) is 0.341. The molecule has 38 heavy (non-hydrogen) atoms. The lowest BCUT2D eigenvalue weighted by Crippen LogP contribution is -2.45. The summed E-state index contributed by atoms with van der Waals surface area (Å²) >= 11 is 1.26. The molecular weight excluding hydrogens is 502 g/mol. The van der Waals surface area contributed by atoms with Crippen molar-refractivity contribution >= 4 is 45.8 Å². The average Bonchev–Trinajstić information content (AvgIpc) is 2.92. The van der Waals surface area contributed by atoms with Crippen molar-refractivity contribution in [2.45, 2.75) is 32.4 Å². The molecule has 1 aliphatic rings. The van der Waals surface area contributed by atoms with Crippen LogP contribution in [-0.4, -0.2) is 42.1 Å². The van der Waals surface area contributed by atoms with Crippen molar-refractivity contribution in [2.24, 2.45) is 4.99 Å². The lowest BCUT2D eigenvalue weighted by Gasteiger charge is -2.32. The number of anilines is 2. The van der Waals surface area contributed by atoms with E-state index in [9.17, 15) is 9.59 Å². The Labute approximate surface area is 227 Å². The van der Waals surface area contributed by atoms with Crippen LogP contribution in [0, 0.1) is 0 Å². The van der Waals surface area contributed by atoms with E-state index < -0.39 is 5.25 Å². The van der Waals surface area contributed by atoms with Gasteiger partial charge in [-0.1, -0.05) is 11.8 Å². The van der Waals surface area contributed by atoms with Gasteiger partial charge in [-0.3, -0.25) is 14.5 Å². The van der Waals surface area contributed by atoms with Crippen LogP contribution < -0.4 is 24.4 Å². The van der Waals surface area contributed by atoms with E-state index in [-0.39, 0.29) is 18.2 Å². The molecule has 1 heterocycles. The largest absolute Gasteiger partial charge is 0.494 e. The average molecular weight is 534 g/mol. The van der Waals surface area contributed by atoms with Gasteiger partial charge in [-0.05, 0) is 93.6 Å². The molecule has 0 saturated carbocycles. The molecule has 1 atom stereocenters. The third kappa shape index (κ3) is 6.86. The summed E-state index contributed by atoms with van der Waals surface area (Å²) in [5.74, 6) is 1.69. The van der Waals surface area contributed by atoms with Crippen molar-refractivity contribution in [3.8, 4) is 17.2 Å². The van der Waals surface area contributed by atoms with Crippen molar-refractivity contribution < 1.29 is 23.8 Å². The number of carbonyl (C=O) groups excluding carboxylic acids is 2. The molecule has 1 aliphatic heterocycles. The number of amides is 2. The van der Waals surface area contributed by atoms with E-state index in [0.717, 1.165) is 11.5 Å². The molecule has 0 aromatic heterocycles. The number of benzene rings is 3. The fourth-order valence-corrected chi connectivity index (χ4v) is 4.95. The first-order valence-electron chi connectivity index (χ1n) is 12.6. The minimum Gasteiger partial charge on any atom is -0.494 e. The summed E-state index contributed by atoms with van der Waals surface area (Å²) in [4.78, 5) is 32.9. The first-order valence-corrected chi connectivity index (χ1v) is 13.5. The molecule has 0 unspecified atom stereocenters. The zero-order valence-electron chi connectivity index (χ0n) is 21.7. The number of rotatable bonds is 10. The van der Waals surface area contributed by atoms with Gasteiger partial charge < -0.3 is 19.5 Å². The Balaban J connectivity index is 1.59. The third-order valence-corrected chi connectivity index (χ3v) is 6.70. The van der Waals surface area contributed by atoms with Crippen LogP contribution in [0.3, 0.4) is 0 Å². The lowest BCUT2D eigenvalue weighted by atomic mass is 10.2. The maximum Gasteiger partial charge on any atom is 0.238 e. The van der Waals surface area contributed by atoms with Gasteiger partial charge in [0.05, 0.1) is 31.2 Å². The van der Waals surface area contributed by atoms with Crippen LogP contribution in [-0.2, 0) is 9.59 Å². The first kappa shape index (κ1) is 27.1. The molecule has 3 aromatic carbocycles. The number of thioether (sulfide) groups is 1. The van der Waals surface area contributed by atoms with E-state index in [1.165, 1.54) is 11.8 Å². The van der Waals surface area contributed by atoms with Crippen molar-refractivity contribution in [1.82, 2.24) is 0 Å². The van der Waals surface area contributed by atoms with Gasteiger partial charge in [0.15, 0.2) is 5.17 Å². The monoisotopic (exact) mass is 533 g/mol. The molecule has 1 N–H and O–H groups in total. The van der Waals surface area contributed by atoms with Crippen LogP contribution in [0.2, 0.25) is 0 Å². The van der Waals surface area contributed by atoms with Crippen molar-refractivity contribution in [3.63, 3.8) is 0 Å². The van der Waals surface area contributed by atoms with E-state index in [0.29, 0.717) is 47.8 Å². The molecule has 4 rings (SSSR count). The summed E-state index contributed by atoms with van der Waals surface area (Å²) in [6, 6.07) is 21.7. The number of hydrogen-bond donors (Lipinski definition) is 1. The third-order valence-electron chi connectivity index (χ3n) is 5.55. The summed E-state index contributed by atoms with van der Waals surface area (Å²) in [7, 11) is 0. The van der Waals surface area contributed by atoms with Crippen LogP contribution in [0.15, 0.2) is 77.8 Å². The van der Waals surface area contributed by atoms with Gasteiger partial charge >= 0.3 is 0 Å². The minimum absolute atomic E-state index is 0.0308. The van der Waals surface area contributed by atoms with Crippen LogP contribution in [0.4, 0.5) is 17.1 Å². The van der Waals surface area contributed by atoms with Gasteiger partial charge in [-0.25, -0.2) is 4.99 Å². The molecule has 2 amide bonds. The molecule has 1 fully saturated rings. The predicted octanol–water partition coefficient (Wildman–Crippen LogP) is 6.05. The van der Waals surface area contributed by atoms with Crippen molar-refractivity contribution in [2.75, 3.05) is 30.0 Å². The van der Waals surface area contributed by atoms with Crippen LogP contribution in [0.25, 0.3) is 0 Å². The van der Waals surface area contributed by atoms with E-state index in [4.69, 9.17) is 19.2 Å². The maximum absolute atomic E-state index is 13.4. The van der Waals surface area contributed by atoms with E-state index in [2.05, 4.69) is 5.32 Å². The number of hydrogen-bond acceptors (Lipinski definition) is 7. The van der Waals surface area contributed by atoms with E-state index in [1.807, 2.05) is 69.3 Å². The SMILES string of the molecule is CCOc1ccc(N=C2S[C@H](C(=O)Nc3ccc(OCC)cc3)CC(=O)N2c2ccc(OCC)cc2)cc1. The first-order chi connectivity index (χ1) is 18.5. The van der Waals surface area contributed by atoms with Crippen LogP contribution in [0.5, 0.6) is 17.2 Å². The van der Waals surface area contributed by atoms with E-state index >= 15 is 0 Å². The molecule has 0 bridgehead atoms. The molecule has 0 radical (unpaired) electrons. The molecule has 8 nitrogen and oxygen atoms in total. The Kier molecular flexibility index (Phi) is 9.26. The lowest BCUT2D eigenvalue weighted by molar-refractivity contribution is -0.121. The normalized spacial score (nSPS) is 16.3. The van der Waals surface area contributed by atoms with Crippen molar-refractivity contribution in [1.29, 1.82) is 0 Å². The van der Waals surface area contributed by atoms with Crippen LogP contribution in [0.1, 0.15) is 27.2 Å². The Morgan fingerprint density at radius 1 is 0.842 bits per heavy atom. The second-order valence-corrected chi connectivity index (χ2v) is 9.40. The van der Waals surface area contributed by atoms with Gasteiger partial charge in [0, 0.05) is 12.1 Å². The fourth-order valence-electron chi connectivity index (χ4n) is 3.83. The number of nitrogens with one attached hydrogen (secondary N) is 1. The molecule has 1 saturated heterocycles. The highest BCUT2D eigenvalue weighted by Gasteiger charge is 2.37. The molecule has 9 heteroatoms. The summed E-state index contributed by atoms with van der Waals surface area (Å²) in [5, 5.41) is 2.68. The Morgan fingerprint density at radius 3 is 1.87 bits per heavy atom. The van der Waals surface area contributed by atoms with Gasteiger partial charge in [0.25, 0.3) is 0 Å². The number of aliphatic imine (C=N–C) groups is 1. The second-order valence-electron chi connectivity index (χ2n) is 8.23. The minimum atomic E-state index is -0.644. The van der Waals surface area contributed by atoms with Gasteiger partial charge in [-0.15, -0.1) is 0 Å². The zero-order valence-corrected chi connectivity index (χ0v) is 22.5. The Morgan fingerprint density at radius 2 is 1.34 bits per heavy atom. The smallest absolute Gasteiger partial charge is 0.238 e. The van der Waals surface area contributed by atoms with Gasteiger partial charge in [0.2, 0.25) is 11.8 Å². The highest BCUT2D eigenvalue weighted by Crippen LogP contribution is 2.34. The Hall–Kier alpha value is -3.98. The predicted molar refractivity (Wildman–Crippen MR) is 152 cm³/mol. The standard InChI is InChI=1S/C29H31N3O5S/c1-4-35-23-13-7-20(8-14-23)30-28(34)26-19-27(33)32(22-11-17-25(18-12-22)37-6-3)29(38-26)31-21-9-15-24(16-10-21)36-5-2/h7-18,26H,4-6,19H2,1-3H3,(H,30,34)/t26-/m0/s1. The number of carbonyl (C=O) groups is 2. The molecule has 0 aliphatic carbocycles. The molecule has 198 valence electrons. The van der Waals surface area contributed by atoms with Gasteiger partial charge in [0.1, 0.15) is 22.5 Å². The number of nitrogens with zero attached hydrogens (tertiary/aromatic N) is 2. The van der Waals surface area contributed by atoms with Crippen LogP contribution >= 0.6 is 11.8 Å². The maximum atomic E-state index is 13.4.